The quantitative estimate of drug-likeness (QED) is 0.891. The van der Waals surface area contributed by atoms with Crippen LogP contribution in [0.1, 0.15) is 17.3 Å². The average molecular weight is 286 g/mol. The van der Waals surface area contributed by atoms with E-state index >= 15 is 0 Å². The maximum absolute atomic E-state index is 11.8. The van der Waals surface area contributed by atoms with E-state index in [1.54, 1.807) is 6.92 Å². The smallest absolute Gasteiger partial charge is 0.227 e. The van der Waals surface area contributed by atoms with Crippen LogP contribution in [0.4, 0.5) is 5.69 Å². The lowest BCUT2D eigenvalue weighted by Crippen LogP contribution is -2.35. The summed E-state index contributed by atoms with van der Waals surface area (Å²) in [6, 6.07) is 8.41. The largest absolute Gasteiger partial charge is 0.369 e. The third-order valence-electron chi connectivity index (χ3n) is 3.58. The number of carbonyl (C=O) groups excluding carboxylic acids is 1. The molecule has 6 nitrogen and oxygen atoms in total. The van der Waals surface area contributed by atoms with E-state index in [4.69, 9.17) is 4.52 Å². The number of anilines is 1. The van der Waals surface area contributed by atoms with Crippen LogP contribution >= 0.6 is 0 Å². The maximum Gasteiger partial charge on any atom is 0.227 e. The number of hydrogen-bond acceptors (Lipinski definition) is 5. The molecule has 3 rings (SSSR count). The second kappa shape index (κ2) is 5.95. The van der Waals surface area contributed by atoms with Crippen molar-refractivity contribution in [2.24, 2.45) is 0 Å². The van der Waals surface area contributed by atoms with Crippen molar-refractivity contribution in [1.82, 2.24) is 15.5 Å². The molecule has 110 valence electrons. The van der Waals surface area contributed by atoms with Crippen LogP contribution in [0.5, 0.6) is 0 Å². The van der Waals surface area contributed by atoms with Crippen molar-refractivity contribution in [3.05, 3.63) is 41.5 Å². The van der Waals surface area contributed by atoms with E-state index in [9.17, 15) is 4.79 Å². The lowest BCUT2D eigenvalue weighted by molar-refractivity contribution is -0.120. The van der Waals surface area contributed by atoms with Crippen LogP contribution in [-0.2, 0) is 17.6 Å². The van der Waals surface area contributed by atoms with E-state index in [-0.39, 0.29) is 12.3 Å². The highest BCUT2D eigenvalue weighted by molar-refractivity contribution is 5.77. The Morgan fingerprint density at radius 1 is 1.43 bits per heavy atom. The van der Waals surface area contributed by atoms with Crippen LogP contribution in [0.25, 0.3) is 0 Å². The zero-order valence-corrected chi connectivity index (χ0v) is 12.0. The summed E-state index contributed by atoms with van der Waals surface area (Å²) in [7, 11) is 0. The van der Waals surface area contributed by atoms with Gasteiger partial charge in [0.2, 0.25) is 11.8 Å². The standard InChI is InChI=1S/C15H18N4O2/c1-11-17-14(18-21-11)10-15(20)16-7-9-19-8-6-12-4-2-3-5-13(12)19/h2-5H,6-10H2,1H3,(H,16,20). The number of carbonyl (C=O) groups is 1. The molecule has 2 aromatic rings. The minimum Gasteiger partial charge on any atom is -0.369 e. The molecule has 0 saturated heterocycles. The molecule has 0 spiro atoms. The molecule has 0 atom stereocenters. The lowest BCUT2D eigenvalue weighted by atomic mass is 10.2. The summed E-state index contributed by atoms with van der Waals surface area (Å²) in [6.45, 7) is 4.15. The van der Waals surface area contributed by atoms with Gasteiger partial charge in [0.25, 0.3) is 0 Å². The normalized spacial score (nSPS) is 13.3. The molecule has 2 heterocycles. The highest BCUT2D eigenvalue weighted by Crippen LogP contribution is 2.26. The minimum absolute atomic E-state index is 0.0803. The summed E-state index contributed by atoms with van der Waals surface area (Å²) < 4.78 is 4.84. The zero-order chi connectivity index (χ0) is 14.7. The second-order valence-electron chi connectivity index (χ2n) is 5.12. The topological polar surface area (TPSA) is 71.3 Å². The third-order valence-corrected chi connectivity index (χ3v) is 3.58. The SMILES string of the molecule is Cc1nc(CC(=O)NCCN2CCc3ccccc32)no1. The van der Waals surface area contributed by atoms with Gasteiger partial charge in [-0.1, -0.05) is 23.4 Å². The van der Waals surface area contributed by atoms with Crippen LogP contribution < -0.4 is 10.2 Å². The molecule has 0 saturated carbocycles. The number of aryl methyl sites for hydroxylation is 1. The first-order valence-electron chi connectivity index (χ1n) is 7.11. The van der Waals surface area contributed by atoms with Crippen molar-refractivity contribution in [3.8, 4) is 0 Å². The van der Waals surface area contributed by atoms with Gasteiger partial charge in [-0.25, -0.2) is 0 Å². The van der Waals surface area contributed by atoms with Gasteiger partial charge in [-0.05, 0) is 18.1 Å². The highest BCUT2D eigenvalue weighted by Gasteiger charge is 2.17. The van der Waals surface area contributed by atoms with Crippen molar-refractivity contribution in [1.29, 1.82) is 0 Å². The molecule has 0 unspecified atom stereocenters. The first kappa shape index (κ1) is 13.6. The Kier molecular flexibility index (Phi) is 3.85. The summed E-state index contributed by atoms with van der Waals surface area (Å²) in [5.74, 6) is 0.825. The Morgan fingerprint density at radius 2 is 2.29 bits per heavy atom. The summed E-state index contributed by atoms with van der Waals surface area (Å²) in [5, 5.41) is 6.61. The molecule has 0 radical (unpaired) electrons. The third kappa shape index (κ3) is 3.21. The molecule has 0 bridgehead atoms. The van der Waals surface area contributed by atoms with Crippen LogP contribution in [0.15, 0.2) is 28.8 Å². The summed E-state index contributed by atoms with van der Waals surface area (Å²) in [6.07, 6.45) is 1.24. The number of hydrogen-bond donors (Lipinski definition) is 1. The Hall–Kier alpha value is -2.37. The van der Waals surface area contributed by atoms with E-state index in [2.05, 4.69) is 38.6 Å². The summed E-state index contributed by atoms with van der Waals surface area (Å²) in [5.41, 5.74) is 2.66. The zero-order valence-electron chi connectivity index (χ0n) is 12.0. The summed E-state index contributed by atoms with van der Waals surface area (Å²) >= 11 is 0. The van der Waals surface area contributed by atoms with Crippen molar-refractivity contribution < 1.29 is 9.32 Å². The predicted molar refractivity (Wildman–Crippen MR) is 78.1 cm³/mol. The highest BCUT2D eigenvalue weighted by atomic mass is 16.5. The van der Waals surface area contributed by atoms with E-state index < -0.39 is 0 Å². The molecule has 1 aliphatic heterocycles. The fourth-order valence-electron chi connectivity index (χ4n) is 2.59. The fourth-order valence-corrected chi connectivity index (χ4v) is 2.59. The lowest BCUT2D eigenvalue weighted by Gasteiger charge is -2.19. The van der Waals surface area contributed by atoms with Gasteiger partial charge in [0.15, 0.2) is 5.82 Å². The number of amides is 1. The van der Waals surface area contributed by atoms with Gasteiger partial charge in [0, 0.05) is 32.2 Å². The molecule has 0 fully saturated rings. The number of rotatable bonds is 5. The summed E-state index contributed by atoms with van der Waals surface area (Å²) in [4.78, 5) is 18.1. The molecule has 1 N–H and O–H groups in total. The fraction of sp³-hybridized carbons (Fsp3) is 0.400. The Balaban J connectivity index is 1.45. The molecule has 1 aliphatic rings. The molecule has 21 heavy (non-hydrogen) atoms. The van der Waals surface area contributed by atoms with Crippen molar-refractivity contribution in [2.75, 3.05) is 24.5 Å². The number of aromatic nitrogens is 2. The van der Waals surface area contributed by atoms with E-state index in [1.807, 2.05) is 6.07 Å². The van der Waals surface area contributed by atoms with Crippen molar-refractivity contribution >= 4 is 11.6 Å². The Labute approximate surface area is 123 Å². The molecular formula is C15H18N4O2. The van der Waals surface area contributed by atoms with E-state index in [1.165, 1.54) is 11.3 Å². The molecule has 0 aliphatic carbocycles. The molecule has 1 aromatic heterocycles. The Morgan fingerprint density at radius 3 is 3.10 bits per heavy atom. The van der Waals surface area contributed by atoms with E-state index in [0.29, 0.717) is 18.3 Å². The first-order chi connectivity index (χ1) is 10.2. The second-order valence-corrected chi connectivity index (χ2v) is 5.12. The minimum atomic E-state index is -0.0803. The van der Waals surface area contributed by atoms with Gasteiger partial charge in [0.05, 0.1) is 6.42 Å². The number of para-hydroxylation sites is 1. The van der Waals surface area contributed by atoms with E-state index in [0.717, 1.165) is 19.5 Å². The molecule has 6 heteroatoms. The number of fused-ring (bicyclic) bond motifs is 1. The van der Waals surface area contributed by atoms with Crippen molar-refractivity contribution in [2.45, 2.75) is 19.8 Å². The van der Waals surface area contributed by atoms with Crippen LogP contribution in [0, 0.1) is 6.92 Å². The van der Waals surface area contributed by atoms with Gasteiger partial charge < -0.3 is 14.7 Å². The number of nitrogens with one attached hydrogen (secondary N) is 1. The Bertz CT molecular complexity index is 638. The van der Waals surface area contributed by atoms with Gasteiger partial charge in [-0.15, -0.1) is 0 Å². The van der Waals surface area contributed by atoms with Gasteiger partial charge in [-0.3, -0.25) is 4.79 Å². The average Bonchev–Trinajstić information content (AvgIpc) is 3.06. The van der Waals surface area contributed by atoms with Crippen molar-refractivity contribution in [3.63, 3.8) is 0 Å². The number of benzene rings is 1. The van der Waals surface area contributed by atoms with Crippen LogP contribution in [-0.4, -0.2) is 35.7 Å². The predicted octanol–water partition coefficient (Wildman–Crippen LogP) is 1.10. The first-order valence-corrected chi connectivity index (χ1v) is 7.11. The van der Waals surface area contributed by atoms with Crippen LogP contribution in [0.3, 0.4) is 0 Å². The van der Waals surface area contributed by atoms with Gasteiger partial charge >= 0.3 is 0 Å². The van der Waals surface area contributed by atoms with Crippen LogP contribution in [0.2, 0.25) is 0 Å². The monoisotopic (exact) mass is 286 g/mol. The molecule has 1 aromatic carbocycles. The number of nitrogens with zero attached hydrogens (tertiary/aromatic N) is 3. The molecular weight excluding hydrogens is 268 g/mol. The van der Waals surface area contributed by atoms with Gasteiger partial charge in [0.1, 0.15) is 0 Å². The molecule has 1 amide bonds. The maximum atomic E-state index is 11.8. The van der Waals surface area contributed by atoms with Gasteiger partial charge in [-0.2, -0.15) is 4.98 Å².